The van der Waals surface area contributed by atoms with Crippen molar-refractivity contribution in [3.63, 3.8) is 0 Å². The normalized spacial score (nSPS) is 26.0. The number of aliphatic hydroxyl groups is 2. The summed E-state index contributed by atoms with van der Waals surface area (Å²) in [6, 6.07) is 3.15. The molecule has 0 aliphatic carbocycles. The van der Waals surface area contributed by atoms with Crippen molar-refractivity contribution in [2.45, 2.75) is 37.3 Å². The van der Waals surface area contributed by atoms with Gasteiger partial charge in [0.2, 0.25) is 0 Å². The summed E-state index contributed by atoms with van der Waals surface area (Å²) in [4.78, 5) is 38.6. The number of pyridine rings is 1. The molecule has 3 heterocycles. The Kier molecular flexibility index (Phi) is 6.56. The quantitative estimate of drug-likeness (QED) is 0.249. The Morgan fingerprint density at radius 2 is 2.10 bits per heavy atom. The van der Waals surface area contributed by atoms with Gasteiger partial charge in [0, 0.05) is 0 Å². The number of ether oxygens (including phenoxy) is 3. The summed E-state index contributed by atoms with van der Waals surface area (Å²) in [6.45, 7) is 0.768. The van der Waals surface area contributed by atoms with Crippen LogP contribution in [0.5, 0.6) is 0 Å². The predicted octanol–water partition coefficient (Wildman–Crippen LogP) is -0.213. The van der Waals surface area contributed by atoms with Gasteiger partial charge in [0.25, 0.3) is 5.85 Å². The molecular weight excluding hydrogens is 433 g/mol. The second-order valence-electron chi connectivity index (χ2n) is 6.20. The molecule has 3 rings (SSSR count). The number of hydrogen-bond acceptors (Lipinski definition) is 9. The van der Waals surface area contributed by atoms with Gasteiger partial charge in [-0.25, -0.2) is 14.8 Å². The van der Waals surface area contributed by atoms with E-state index in [9.17, 15) is 29.4 Å². The molecule has 0 bridgehead atoms. The number of imidazole rings is 1. The zero-order valence-electron chi connectivity index (χ0n) is 15.0. The maximum Gasteiger partial charge on any atom is 0.365 e. The number of nitrogens with zero attached hydrogens (tertiary/aromatic N) is 3. The summed E-state index contributed by atoms with van der Waals surface area (Å²) in [6.07, 6.45) is -3.88. The zero-order chi connectivity index (χ0) is 21.3. The van der Waals surface area contributed by atoms with Crippen LogP contribution in [0.4, 0.5) is 0 Å². The van der Waals surface area contributed by atoms with Crippen molar-refractivity contribution < 1.29 is 43.6 Å². The number of aliphatic hydroxyl groups excluding tert-OH is 2. The molecule has 2 aromatic heterocycles. The lowest BCUT2D eigenvalue weighted by Gasteiger charge is -2.20. The van der Waals surface area contributed by atoms with E-state index in [4.69, 9.17) is 21.1 Å². The number of aromatic nitrogens is 3. The summed E-state index contributed by atoms with van der Waals surface area (Å²) in [7, 11) is -4.99. The van der Waals surface area contributed by atoms with Gasteiger partial charge in [-0.05, 0) is 19.1 Å². The maximum absolute atomic E-state index is 11.7. The van der Waals surface area contributed by atoms with Crippen LogP contribution in [0.25, 0.3) is 11.2 Å². The molecule has 5 atom stereocenters. The highest BCUT2D eigenvalue weighted by atomic mass is 35.5. The van der Waals surface area contributed by atoms with E-state index in [2.05, 4.69) is 14.7 Å². The van der Waals surface area contributed by atoms with Crippen molar-refractivity contribution in [2.24, 2.45) is 0 Å². The molecule has 1 aliphatic rings. The van der Waals surface area contributed by atoms with Crippen molar-refractivity contribution in [1.82, 2.24) is 14.5 Å². The highest BCUT2D eigenvalue weighted by molar-refractivity contribution is 7.53. The number of carbonyl (C=O) groups is 1. The average molecular weight is 452 g/mol. The summed E-state index contributed by atoms with van der Waals surface area (Å²) in [5.41, 5.74) is 0.776. The van der Waals surface area contributed by atoms with Crippen LogP contribution in [-0.2, 0) is 23.6 Å². The minimum Gasteiger partial charge on any atom is -0.464 e. The minimum atomic E-state index is -4.99. The first-order valence-electron chi connectivity index (χ1n) is 8.47. The highest BCUT2D eigenvalue weighted by Gasteiger charge is 2.46. The van der Waals surface area contributed by atoms with Crippen molar-refractivity contribution in [3.8, 4) is 0 Å². The van der Waals surface area contributed by atoms with E-state index in [1.807, 2.05) is 0 Å². The van der Waals surface area contributed by atoms with E-state index in [-0.39, 0.29) is 11.8 Å². The minimum absolute atomic E-state index is 0.106. The Morgan fingerprint density at radius 3 is 2.76 bits per heavy atom. The molecule has 4 N–H and O–H groups in total. The number of esters is 1. The molecular formula is C15H19ClN3O9P. The molecule has 0 radical (unpaired) electrons. The fraction of sp³-hybridized carbons (Fsp3) is 0.533. The number of rotatable bonds is 7. The van der Waals surface area contributed by atoms with Gasteiger partial charge in [0.1, 0.15) is 29.0 Å². The van der Waals surface area contributed by atoms with Crippen molar-refractivity contribution in [3.05, 3.63) is 23.6 Å². The van der Waals surface area contributed by atoms with Crippen LogP contribution in [0.2, 0.25) is 5.15 Å². The second-order valence-corrected chi connectivity index (χ2v) is 8.24. The van der Waals surface area contributed by atoms with Crippen LogP contribution in [0.15, 0.2) is 18.5 Å². The SMILES string of the molecule is CCOC(=O)C(OC[C@H]1O[C@@H](n2cnc3ccc(Cl)nc32)[C@H](O)[C@@H]1O)P(=O)(O)O. The summed E-state index contributed by atoms with van der Waals surface area (Å²) >= 11 is 5.89. The molecule has 1 fully saturated rings. The lowest BCUT2D eigenvalue weighted by atomic mass is 10.1. The van der Waals surface area contributed by atoms with Gasteiger partial charge in [0.15, 0.2) is 11.9 Å². The van der Waals surface area contributed by atoms with E-state index in [1.165, 1.54) is 23.9 Å². The smallest absolute Gasteiger partial charge is 0.365 e. The molecule has 1 aliphatic heterocycles. The van der Waals surface area contributed by atoms with Crippen LogP contribution < -0.4 is 0 Å². The first kappa shape index (κ1) is 22.1. The number of halogens is 1. The summed E-state index contributed by atoms with van der Waals surface area (Å²) in [5.74, 6) is -3.42. The lowest BCUT2D eigenvalue weighted by molar-refractivity contribution is -0.155. The van der Waals surface area contributed by atoms with Crippen LogP contribution in [0.3, 0.4) is 0 Å². The Morgan fingerprint density at radius 1 is 1.38 bits per heavy atom. The zero-order valence-corrected chi connectivity index (χ0v) is 16.7. The largest absolute Gasteiger partial charge is 0.464 e. The fourth-order valence-electron chi connectivity index (χ4n) is 2.87. The third-order valence-electron chi connectivity index (χ3n) is 4.21. The molecule has 0 aromatic carbocycles. The van der Waals surface area contributed by atoms with Gasteiger partial charge in [-0.3, -0.25) is 9.13 Å². The molecule has 0 saturated carbocycles. The lowest BCUT2D eigenvalue weighted by Crippen LogP contribution is -2.36. The molecule has 2 aromatic rings. The van der Waals surface area contributed by atoms with E-state index in [1.54, 1.807) is 6.07 Å². The van der Waals surface area contributed by atoms with Crippen LogP contribution in [0, 0.1) is 0 Å². The Labute approximate surface area is 169 Å². The van der Waals surface area contributed by atoms with Gasteiger partial charge >= 0.3 is 13.6 Å². The van der Waals surface area contributed by atoms with E-state index < -0.39 is 50.6 Å². The van der Waals surface area contributed by atoms with Gasteiger partial charge in [-0.2, -0.15) is 0 Å². The van der Waals surface area contributed by atoms with E-state index in [0.717, 1.165) is 0 Å². The predicted molar refractivity (Wildman–Crippen MR) is 96.9 cm³/mol. The Bertz CT molecular complexity index is 935. The third kappa shape index (κ3) is 4.60. The maximum atomic E-state index is 11.7. The number of fused-ring (bicyclic) bond motifs is 1. The fourth-order valence-corrected chi connectivity index (χ4v) is 3.65. The first-order valence-corrected chi connectivity index (χ1v) is 10.5. The highest BCUT2D eigenvalue weighted by Crippen LogP contribution is 2.43. The monoisotopic (exact) mass is 451 g/mol. The first-order chi connectivity index (χ1) is 13.6. The molecule has 14 heteroatoms. The third-order valence-corrected chi connectivity index (χ3v) is 5.39. The summed E-state index contributed by atoms with van der Waals surface area (Å²) in [5, 5.41) is 20.8. The van der Waals surface area contributed by atoms with Gasteiger partial charge < -0.3 is 34.2 Å². The molecule has 29 heavy (non-hydrogen) atoms. The van der Waals surface area contributed by atoms with Crippen LogP contribution in [-0.4, -0.2) is 77.9 Å². The Balaban J connectivity index is 1.76. The van der Waals surface area contributed by atoms with Crippen LogP contribution >= 0.6 is 19.2 Å². The number of carbonyl (C=O) groups excluding carboxylic acids is 1. The molecule has 1 saturated heterocycles. The molecule has 1 unspecified atom stereocenters. The standard InChI is InChI=1S/C15H19ClN3O9P/c1-2-26-14(22)15(29(23,24)25)27-5-8-10(20)11(21)13(28-8)19-6-17-7-3-4-9(16)18-12(7)19/h3-4,6,8,10-11,13,15,20-21H,2,5H2,1H3,(H2,23,24,25)/t8-,10-,11-,13-,15?/m1/s1. The topological polar surface area (TPSA) is 173 Å². The van der Waals surface area contributed by atoms with Gasteiger partial charge in [-0.1, -0.05) is 11.6 Å². The molecule has 0 spiro atoms. The van der Waals surface area contributed by atoms with Crippen molar-refractivity contribution in [1.29, 1.82) is 0 Å². The van der Waals surface area contributed by atoms with Crippen molar-refractivity contribution in [2.75, 3.05) is 13.2 Å². The van der Waals surface area contributed by atoms with E-state index >= 15 is 0 Å². The van der Waals surface area contributed by atoms with Gasteiger partial charge in [0.05, 0.1) is 19.5 Å². The molecule has 160 valence electrons. The second kappa shape index (κ2) is 8.62. The average Bonchev–Trinajstić information content (AvgIpc) is 3.16. The molecule has 12 nitrogen and oxygen atoms in total. The van der Waals surface area contributed by atoms with Gasteiger partial charge in [-0.15, -0.1) is 0 Å². The number of hydrogen-bond donors (Lipinski definition) is 4. The molecule has 0 amide bonds. The van der Waals surface area contributed by atoms with Crippen molar-refractivity contribution >= 4 is 36.3 Å². The van der Waals surface area contributed by atoms with E-state index in [0.29, 0.717) is 11.2 Å². The Hall–Kier alpha value is -1.63. The van der Waals surface area contributed by atoms with Crippen LogP contribution in [0.1, 0.15) is 13.2 Å². The summed E-state index contributed by atoms with van der Waals surface area (Å²) < 4.78 is 28.1.